The van der Waals surface area contributed by atoms with E-state index in [1.807, 2.05) is 0 Å². The van der Waals surface area contributed by atoms with Gasteiger partial charge in [0.25, 0.3) is 5.91 Å². The number of amides is 2. The van der Waals surface area contributed by atoms with Crippen molar-refractivity contribution >= 4 is 29.9 Å². The lowest BCUT2D eigenvalue weighted by atomic mass is 10.1. The Hall–Kier alpha value is -1.59. The molecule has 2 fully saturated rings. The van der Waals surface area contributed by atoms with E-state index in [9.17, 15) is 9.59 Å². The molecule has 3 rings (SSSR count). The molecule has 1 aliphatic carbocycles. The SMILES string of the molecule is CC1CC1C(=O)Nc1ccc(C(=O)NCCC2CCNC2)cc1.Cl. The third-order valence-corrected chi connectivity index (χ3v) is 4.86. The molecular weight excluding hydrogens is 326 g/mol. The van der Waals surface area contributed by atoms with Gasteiger partial charge in [-0.1, -0.05) is 6.92 Å². The monoisotopic (exact) mass is 351 g/mol. The van der Waals surface area contributed by atoms with Gasteiger partial charge >= 0.3 is 0 Å². The van der Waals surface area contributed by atoms with E-state index in [0.717, 1.165) is 31.6 Å². The van der Waals surface area contributed by atoms with Crippen LogP contribution in [0, 0.1) is 17.8 Å². The zero-order valence-electron chi connectivity index (χ0n) is 14.0. The lowest BCUT2D eigenvalue weighted by Crippen LogP contribution is -2.26. The zero-order chi connectivity index (χ0) is 16.2. The molecule has 2 aliphatic rings. The Bertz CT molecular complexity index is 570. The molecule has 1 saturated carbocycles. The second-order valence-electron chi connectivity index (χ2n) is 6.79. The largest absolute Gasteiger partial charge is 0.352 e. The molecule has 1 aromatic rings. The molecule has 24 heavy (non-hydrogen) atoms. The van der Waals surface area contributed by atoms with Crippen LogP contribution in [0.4, 0.5) is 5.69 Å². The summed E-state index contributed by atoms with van der Waals surface area (Å²) in [7, 11) is 0. The Morgan fingerprint density at radius 3 is 2.54 bits per heavy atom. The highest BCUT2D eigenvalue weighted by atomic mass is 35.5. The Morgan fingerprint density at radius 1 is 1.25 bits per heavy atom. The summed E-state index contributed by atoms with van der Waals surface area (Å²) in [6, 6.07) is 7.11. The van der Waals surface area contributed by atoms with E-state index >= 15 is 0 Å². The first kappa shape index (κ1) is 18.7. The van der Waals surface area contributed by atoms with Crippen LogP contribution in [0.1, 0.15) is 36.5 Å². The highest BCUT2D eigenvalue weighted by Gasteiger charge is 2.39. The lowest BCUT2D eigenvalue weighted by Gasteiger charge is -2.10. The van der Waals surface area contributed by atoms with Crippen LogP contribution in [-0.2, 0) is 4.79 Å². The van der Waals surface area contributed by atoms with Gasteiger partial charge in [-0.15, -0.1) is 12.4 Å². The predicted molar refractivity (Wildman–Crippen MR) is 97.5 cm³/mol. The van der Waals surface area contributed by atoms with Gasteiger partial charge in [0.05, 0.1) is 0 Å². The summed E-state index contributed by atoms with van der Waals surface area (Å²) in [5.74, 6) is 1.36. The van der Waals surface area contributed by atoms with Crippen molar-refractivity contribution < 1.29 is 9.59 Å². The number of anilines is 1. The van der Waals surface area contributed by atoms with E-state index < -0.39 is 0 Å². The van der Waals surface area contributed by atoms with Gasteiger partial charge in [0, 0.05) is 23.7 Å². The number of hydrogen-bond donors (Lipinski definition) is 3. The minimum absolute atomic E-state index is 0. The zero-order valence-corrected chi connectivity index (χ0v) is 14.8. The smallest absolute Gasteiger partial charge is 0.251 e. The third-order valence-electron chi connectivity index (χ3n) is 4.86. The number of halogens is 1. The van der Waals surface area contributed by atoms with E-state index in [-0.39, 0.29) is 30.1 Å². The molecule has 2 amide bonds. The van der Waals surface area contributed by atoms with Gasteiger partial charge in [0.1, 0.15) is 0 Å². The molecule has 0 radical (unpaired) electrons. The van der Waals surface area contributed by atoms with Crippen LogP contribution in [0.5, 0.6) is 0 Å². The molecule has 6 heteroatoms. The standard InChI is InChI=1S/C18H25N3O2.ClH/c1-12-10-16(12)18(23)21-15-4-2-14(3-5-15)17(22)20-9-7-13-6-8-19-11-13;/h2-5,12-13,16,19H,6-11H2,1H3,(H,20,22)(H,21,23);1H. The van der Waals surface area contributed by atoms with Crippen LogP contribution in [-0.4, -0.2) is 31.4 Å². The summed E-state index contributed by atoms with van der Waals surface area (Å²) in [5, 5.41) is 9.20. The molecule has 1 aliphatic heterocycles. The van der Waals surface area contributed by atoms with Crippen molar-refractivity contribution in [2.45, 2.75) is 26.2 Å². The van der Waals surface area contributed by atoms with Gasteiger partial charge in [-0.25, -0.2) is 0 Å². The van der Waals surface area contributed by atoms with Gasteiger partial charge < -0.3 is 16.0 Å². The van der Waals surface area contributed by atoms with Crippen LogP contribution in [0.3, 0.4) is 0 Å². The molecule has 0 bridgehead atoms. The van der Waals surface area contributed by atoms with Gasteiger partial charge in [0.15, 0.2) is 0 Å². The predicted octanol–water partition coefficient (Wildman–Crippen LogP) is 2.43. The Balaban J connectivity index is 0.00000208. The maximum Gasteiger partial charge on any atom is 0.251 e. The van der Waals surface area contributed by atoms with E-state index in [4.69, 9.17) is 0 Å². The number of rotatable bonds is 6. The summed E-state index contributed by atoms with van der Waals surface area (Å²) in [4.78, 5) is 24.0. The average molecular weight is 352 g/mol. The van der Waals surface area contributed by atoms with Gasteiger partial charge in [-0.3, -0.25) is 9.59 Å². The number of carbonyl (C=O) groups is 2. The topological polar surface area (TPSA) is 70.2 Å². The third kappa shape index (κ3) is 4.95. The molecule has 1 aromatic carbocycles. The summed E-state index contributed by atoms with van der Waals surface area (Å²) in [5.41, 5.74) is 1.38. The van der Waals surface area contributed by atoms with Gasteiger partial charge in [-0.05, 0) is 68.5 Å². The van der Waals surface area contributed by atoms with Crippen molar-refractivity contribution in [3.63, 3.8) is 0 Å². The van der Waals surface area contributed by atoms with Crippen LogP contribution in [0.15, 0.2) is 24.3 Å². The summed E-state index contributed by atoms with van der Waals surface area (Å²) in [6.07, 6.45) is 3.19. The molecule has 0 aromatic heterocycles. The second-order valence-corrected chi connectivity index (χ2v) is 6.79. The second kappa shape index (κ2) is 8.49. The molecule has 5 nitrogen and oxygen atoms in total. The number of hydrogen-bond acceptors (Lipinski definition) is 3. The molecular formula is C18H26ClN3O2. The average Bonchev–Trinajstić information content (AvgIpc) is 3.06. The van der Waals surface area contributed by atoms with Gasteiger partial charge in [0.2, 0.25) is 5.91 Å². The molecule has 3 unspecified atom stereocenters. The molecule has 1 heterocycles. The number of carbonyl (C=O) groups excluding carboxylic acids is 2. The van der Waals surface area contributed by atoms with Crippen LogP contribution >= 0.6 is 12.4 Å². The summed E-state index contributed by atoms with van der Waals surface area (Å²) < 4.78 is 0. The minimum atomic E-state index is -0.0513. The highest BCUT2D eigenvalue weighted by Crippen LogP contribution is 2.38. The van der Waals surface area contributed by atoms with Crippen LogP contribution in [0.2, 0.25) is 0 Å². The molecule has 3 atom stereocenters. The first-order valence-corrected chi connectivity index (χ1v) is 8.53. The fraction of sp³-hybridized carbons (Fsp3) is 0.556. The van der Waals surface area contributed by atoms with Gasteiger partial charge in [-0.2, -0.15) is 0 Å². The molecule has 132 valence electrons. The van der Waals surface area contributed by atoms with Crippen molar-refractivity contribution in [3.8, 4) is 0 Å². The fourth-order valence-corrected chi connectivity index (χ4v) is 3.08. The summed E-state index contributed by atoms with van der Waals surface area (Å²) >= 11 is 0. The molecule has 3 N–H and O–H groups in total. The van der Waals surface area contributed by atoms with E-state index in [2.05, 4.69) is 22.9 Å². The molecule has 0 spiro atoms. The van der Waals surface area contributed by atoms with E-state index in [1.165, 1.54) is 6.42 Å². The van der Waals surface area contributed by atoms with Crippen molar-refractivity contribution in [2.75, 3.05) is 25.0 Å². The first-order chi connectivity index (χ1) is 11.1. The number of nitrogens with one attached hydrogen (secondary N) is 3. The van der Waals surface area contributed by atoms with Crippen molar-refractivity contribution in [1.29, 1.82) is 0 Å². The highest BCUT2D eigenvalue weighted by molar-refractivity contribution is 5.96. The van der Waals surface area contributed by atoms with Crippen LogP contribution in [0.25, 0.3) is 0 Å². The Morgan fingerprint density at radius 2 is 1.96 bits per heavy atom. The fourth-order valence-electron chi connectivity index (χ4n) is 3.08. The Labute approximate surface area is 149 Å². The van der Waals surface area contributed by atoms with Crippen molar-refractivity contribution in [2.24, 2.45) is 17.8 Å². The quantitative estimate of drug-likeness (QED) is 0.737. The maximum atomic E-state index is 12.1. The lowest BCUT2D eigenvalue weighted by molar-refractivity contribution is -0.117. The summed E-state index contributed by atoms with van der Waals surface area (Å²) in [6.45, 7) is 4.94. The normalized spacial score (nSPS) is 24.8. The van der Waals surface area contributed by atoms with Crippen molar-refractivity contribution in [3.05, 3.63) is 29.8 Å². The molecule has 1 saturated heterocycles. The first-order valence-electron chi connectivity index (χ1n) is 8.53. The van der Waals surface area contributed by atoms with Crippen molar-refractivity contribution in [1.82, 2.24) is 10.6 Å². The van der Waals surface area contributed by atoms with Crippen LogP contribution < -0.4 is 16.0 Å². The Kier molecular flexibility index (Phi) is 6.63. The maximum absolute atomic E-state index is 12.1. The minimum Gasteiger partial charge on any atom is -0.352 e. The van der Waals surface area contributed by atoms with E-state index in [0.29, 0.717) is 23.9 Å². The number of benzene rings is 1. The van der Waals surface area contributed by atoms with E-state index in [1.54, 1.807) is 24.3 Å².